The number of hydrogen-bond acceptors (Lipinski definition) is 2. The van der Waals surface area contributed by atoms with E-state index in [0.717, 1.165) is 12.8 Å². The second kappa shape index (κ2) is 4.79. The first kappa shape index (κ1) is 14.5. The minimum Gasteiger partial charge on any atom is -0.298 e. The minimum absolute atomic E-state index is 0.0184. The lowest BCUT2D eigenvalue weighted by Crippen LogP contribution is -2.33. The first-order valence-corrected chi connectivity index (χ1v) is 8.00. The molecule has 3 rings (SSSR count). The molecule has 4 atom stereocenters. The molecule has 2 nitrogen and oxygen atoms in total. The number of rotatable bonds is 3. The Hall–Kier alpha value is -1.44. The molecule has 0 radical (unpaired) electrons. The van der Waals surface area contributed by atoms with Gasteiger partial charge in [0.1, 0.15) is 5.78 Å². The summed E-state index contributed by atoms with van der Waals surface area (Å²) in [6, 6.07) is 10.4. The van der Waals surface area contributed by atoms with Gasteiger partial charge in [0.15, 0.2) is 0 Å². The van der Waals surface area contributed by atoms with E-state index < -0.39 is 0 Å². The van der Waals surface area contributed by atoms with Crippen molar-refractivity contribution >= 4 is 12.0 Å². The van der Waals surface area contributed by atoms with Gasteiger partial charge >= 0.3 is 0 Å². The third kappa shape index (κ3) is 1.99. The number of Topliss-reactive ketones (excluding diaryl/α,β-unsaturated/α-hetero) is 1. The van der Waals surface area contributed by atoms with Crippen molar-refractivity contribution in [3.05, 3.63) is 35.9 Å². The zero-order chi connectivity index (χ0) is 15.3. The van der Waals surface area contributed by atoms with Crippen LogP contribution in [-0.2, 0) is 4.79 Å². The van der Waals surface area contributed by atoms with Crippen LogP contribution in [0.15, 0.2) is 35.3 Å². The second-order valence-corrected chi connectivity index (χ2v) is 7.47. The van der Waals surface area contributed by atoms with E-state index >= 15 is 0 Å². The number of hydrogen-bond donors (Lipinski definition) is 0. The predicted molar refractivity (Wildman–Crippen MR) is 86.5 cm³/mol. The van der Waals surface area contributed by atoms with E-state index in [1.165, 1.54) is 5.56 Å². The highest BCUT2D eigenvalue weighted by atomic mass is 16.1. The van der Waals surface area contributed by atoms with E-state index in [9.17, 15) is 4.79 Å². The zero-order valence-electron chi connectivity index (χ0n) is 13.5. The molecule has 0 heterocycles. The molecule has 0 spiro atoms. The fourth-order valence-electron chi connectivity index (χ4n) is 4.37. The quantitative estimate of drug-likeness (QED) is 0.753. The zero-order valence-corrected chi connectivity index (χ0v) is 13.5. The summed E-state index contributed by atoms with van der Waals surface area (Å²) in [6.45, 7) is 8.77. The Bertz CT molecular complexity index is 574. The van der Waals surface area contributed by atoms with Crippen LogP contribution >= 0.6 is 0 Å². The van der Waals surface area contributed by atoms with Crippen molar-refractivity contribution in [2.75, 3.05) is 0 Å². The Labute approximate surface area is 127 Å². The van der Waals surface area contributed by atoms with Crippen LogP contribution in [-0.4, -0.2) is 12.0 Å². The van der Waals surface area contributed by atoms with Crippen molar-refractivity contribution in [2.45, 2.75) is 46.6 Å². The van der Waals surface area contributed by atoms with E-state index in [1.807, 2.05) is 24.4 Å². The summed E-state index contributed by atoms with van der Waals surface area (Å²) in [7, 11) is 0. The van der Waals surface area contributed by atoms with Crippen LogP contribution in [0.5, 0.6) is 0 Å². The molecule has 112 valence electrons. The van der Waals surface area contributed by atoms with Gasteiger partial charge in [-0.2, -0.15) is 0 Å². The maximum absolute atomic E-state index is 12.8. The molecule has 0 aromatic heterocycles. The highest BCUT2D eigenvalue weighted by Crippen LogP contribution is 2.65. The molecule has 2 aliphatic rings. The van der Waals surface area contributed by atoms with Crippen LogP contribution in [0, 0.1) is 22.7 Å². The van der Waals surface area contributed by atoms with Gasteiger partial charge in [0.2, 0.25) is 0 Å². The van der Waals surface area contributed by atoms with Crippen molar-refractivity contribution in [1.82, 2.24) is 0 Å². The topological polar surface area (TPSA) is 29.4 Å². The van der Waals surface area contributed by atoms with Crippen LogP contribution in [0.4, 0.5) is 0 Å². The van der Waals surface area contributed by atoms with E-state index in [4.69, 9.17) is 4.99 Å². The Balaban J connectivity index is 1.81. The van der Waals surface area contributed by atoms with Gasteiger partial charge in [0.05, 0.1) is 12.0 Å². The number of carbonyl (C=O) groups excluding carboxylic acids is 1. The number of nitrogens with zero attached hydrogens (tertiary/aromatic N) is 1. The normalized spacial score (nSPS) is 35.5. The molecule has 2 fully saturated rings. The second-order valence-electron chi connectivity index (χ2n) is 7.47. The Morgan fingerprint density at radius 1 is 1.24 bits per heavy atom. The molecule has 2 saturated carbocycles. The summed E-state index contributed by atoms with van der Waals surface area (Å²) >= 11 is 0. The van der Waals surface area contributed by atoms with Crippen LogP contribution in [0.1, 0.15) is 52.1 Å². The Morgan fingerprint density at radius 3 is 2.48 bits per heavy atom. The smallest absolute Gasteiger partial charge is 0.147 e. The molecule has 0 aliphatic heterocycles. The maximum Gasteiger partial charge on any atom is 0.147 e. The van der Waals surface area contributed by atoms with Crippen molar-refractivity contribution in [3.63, 3.8) is 0 Å². The molecular formula is C19H25NO. The van der Waals surface area contributed by atoms with Crippen LogP contribution < -0.4 is 0 Å². The lowest BCUT2D eigenvalue weighted by atomic mass is 9.70. The standard InChI is InChI=1S/C19H25NO/c1-13(14-8-6-5-7-9-14)20-12-15-16-10-11-19(4,17(15)21)18(16,2)3/h5-9,12-13,15-16H,10-11H2,1-4H3/t13-,15?,16+,19+/m1/s1. The van der Waals surface area contributed by atoms with Gasteiger partial charge in [0, 0.05) is 11.6 Å². The molecule has 0 N–H and O–H groups in total. The van der Waals surface area contributed by atoms with Crippen LogP contribution in [0.3, 0.4) is 0 Å². The summed E-state index contributed by atoms with van der Waals surface area (Å²) in [5, 5.41) is 0. The third-order valence-electron chi connectivity index (χ3n) is 6.34. The number of ketones is 1. The fraction of sp³-hybridized carbons (Fsp3) is 0.579. The first-order chi connectivity index (χ1) is 9.88. The van der Waals surface area contributed by atoms with Gasteiger partial charge in [-0.05, 0) is 36.7 Å². The summed E-state index contributed by atoms with van der Waals surface area (Å²) < 4.78 is 0. The van der Waals surface area contributed by atoms with Crippen LogP contribution in [0.25, 0.3) is 0 Å². The van der Waals surface area contributed by atoms with Gasteiger partial charge < -0.3 is 0 Å². The van der Waals surface area contributed by atoms with Gasteiger partial charge in [0.25, 0.3) is 0 Å². The Kier molecular flexibility index (Phi) is 3.31. The molecule has 2 heteroatoms. The minimum atomic E-state index is -0.148. The van der Waals surface area contributed by atoms with Crippen LogP contribution in [0.2, 0.25) is 0 Å². The van der Waals surface area contributed by atoms with Gasteiger partial charge in [-0.3, -0.25) is 9.79 Å². The molecule has 1 aromatic carbocycles. The molecule has 21 heavy (non-hydrogen) atoms. The molecule has 0 amide bonds. The monoisotopic (exact) mass is 283 g/mol. The SMILES string of the molecule is C[C@@H](N=CC1C(=O)[C@]2(C)CC[C@@H]1C2(C)C)c1ccccc1. The highest BCUT2D eigenvalue weighted by Gasteiger charge is 2.65. The van der Waals surface area contributed by atoms with Gasteiger partial charge in [-0.1, -0.05) is 51.1 Å². The lowest BCUT2D eigenvalue weighted by Gasteiger charge is -2.32. The van der Waals surface area contributed by atoms with Crippen molar-refractivity contribution < 1.29 is 4.79 Å². The average Bonchev–Trinajstić information content (AvgIpc) is 2.78. The molecule has 2 bridgehead atoms. The molecule has 2 aliphatic carbocycles. The predicted octanol–water partition coefficient (Wildman–Crippen LogP) is 4.46. The van der Waals surface area contributed by atoms with Crippen molar-refractivity contribution in [2.24, 2.45) is 27.7 Å². The van der Waals surface area contributed by atoms with E-state index in [-0.39, 0.29) is 22.8 Å². The van der Waals surface area contributed by atoms with Crippen molar-refractivity contribution in [3.8, 4) is 0 Å². The summed E-state index contributed by atoms with van der Waals surface area (Å²) in [4.78, 5) is 17.5. The number of fused-ring (bicyclic) bond motifs is 2. The summed E-state index contributed by atoms with van der Waals surface area (Å²) in [5.74, 6) is 0.888. The van der Waals surface area contributed by atoms with E-state index in [2.05, 4.69) is 39.8 Å². The maximum atomic E-state index is 12.8. The largest absolute Gasteiger partial charge is 0.298 e. The van der Waals surface area contributed by atoms with Gasteiger partial charge in [-0.25, -0.2) is 0 Å². The Morgan fingerprint density at radius 2 is 1.90 bits per heavy atom. The van der Waals surface area contributed by atoms with Gasteiger partial charge in [-0.15, -0.1) is 0 Å². The number of benzene rings is 1. The third-order valence-corrected chi connectivity index (χ3v) is 6.34. The average molecular weight is 283 g/mol. The number of aliphatic imine (C=N–C) groups is 1. The lowest BCUT2D eigenvalue weighted by molar-refractivity contribution is -0.129. The van der Waals surface area contributed by atoms with Crippen molar-refractivity contribution in [1.29, 1.82) is 0 Å². The molecule has 0 saturated heterocycles. The molecule has 1 aromatic rings. The summed E-state index contributed by atoms with van der Waals surface area (Å²) in [6.07, 6.45) is 4.16. The fourth-order valence-corrected chi connectivity index (χ4v) is 4.37. The molecular weight excluding hydrogens is 258 g/mol. The number of carbonyl (C=O) groups is 1. The summed E-state index contributed by atoms with van der Waals surface area (Å²) in [5.41, 5.74) is 1.16. The molecule has 1 unspecified atom stereocenters. The van der Waals surface area contributed by atoms with E-state index in [0.29, 0.717) is 11.7 Å². The first-order valence-electron chi connectivity index (χ1n) is 8.00. The van der Waals surface area contributed by atoms with E-state index in [1.54, 1.807) is 0 Å². The highest BCUT2D eigenvalue weighted by molar-refractivity contribution is 6.02.